The maximum absolute atomic E-state index is 3.91. The molecule has 1 aromatic heterocycles. The molecule has 0 N–H and O–H groups in total. The summed E-state index contributed by atoms with van der Waals surface area (Å²) in [4.78, 5) is 0. The Kier molecular flexibility index (Phi) is 1.56. The first-order chi connectivity index (χ1) is 3.30. The molecule has 0 spiro atoms. The van der Waals surface area contributed by atoms with E-state index < -0.39 is 0 Å². The monoisotopic (exact) mass is 150 g/mol. The predicted molar refractivity (Wildman–Crippen MR) is 34.4 cm³/mol. The quantitative estimate of drug-likeness (QED) is 0.542. The Hall–Kier alpha value is 0.260. The maximum atomic E-state index is 3.91. The minimum atomic E-state index is 0.605. The maximum Gasteiger partial charge on any atom is 0.141 e. The third-order valence-corrected chi connectivity index (χ3v) is 2.05. The average molecular weight is 150 g/mol. The molecular weight excluding hydrogens is 148 g/mol. The number of hydrogen-bond acceptors (Lipinski definition) is 5. The summed E-state index contributed by atoms with van der Waals surface area (Å²) >= 11 is 8.93. The number of nitrogens with zero attached hydrogens (tertiary/aromatic N) is 2. The van der Waals surface area contributed by atoms with Gasteiger partial charge in [0.15, 0.2) is 0 Å². The number of thiol groups is 2. The summed E-state index contributed by atoms with van der Waals surface area (Å²) in [5.74, 6) is 0. The van der Waals surface area contributed by atoms with E-state index in [2.05, 4.69) is 34.0 Å². The van der Waals surface area contributed by atoms with Gasteiger partial charge in [0.25, 0.3) is 0 Å². The molecule has 5 heteroatoms. The van der Waals surface area contributed by atoms with Crippen molar-refractivity contribution in [3.8, 4) is 0 Å². The van der Waals surface area contributed by atoms with E-state index >= 15 is 0 Å². The summed E-state index contributed by atoms with van der Waals surface area (Å²) in [5.41, 5.74) is 0. The van der Waals surface area contributed by atoms with E-state index in [4.69, 9.17) is 0 Å². The fourth-order valence-electron chi connectivity index (χ4n) is 0.179. The molecule has 0 aliphatic rings. The van der Waals surface area contributed by atoms with Crippen LogP contribution in [0.3, 0.4) is 0 Å². The zero-order valence-corrected chi connectivity index (χ0v) is 5.80. The van der Waals surface area contributed by atoms with Gasteiger partial charge in [0, 0.05) is 0 Å². The van der Waals surface area contributed by atoms with E-state index in [-0.39, 0.29) is 0 Å². The summed E-state index contributed by atoms with van der Waals surface area (Å²) in [6.07, 6.45) is 0. The second kappa shape index (κ2) is 2.02. The van der Waals surface area contributed by atoms with Gasteiger partial charge in [0.2, 0.25) is 0 Å². The summed E-state index contributed by atoms with van der Waals surface area (Å²) in [6, 6.07) is 0. The standard InChI is InChI=1S/C2H2N2S3/c5-1-2(6)4-7-3-1/h(H,3,5)(H,4,6). The molecule has 0 unspecified atom stereocenters. The first-order valence-corrected chi connectivity index (χ1v) is 3.13. The predicted octanol–water partition coefficient (Wildman–Crippen LogP) is 1.12. The highest BCUT2D eigenvalue weighted by molar-refractivity contribution is 7.83. The van der Waals surface area contributed by atoms with E-state index in [9.17, 15) is 0 Å². The summed E-state index contributed by atoms with van der Waals surface area (Å²) in [6.45, 7) is 0. The van der Waals surface area contributed by atoms with Gasteiger partial charge in [0.05, 0.1) is 11.7 Å². The Morgan fingerprint density at radius 1 is 1.14 bits per heavy atom. The van der Waals surface area contributed by atoms with Crippen LogP contribution >= 0.6 is 37.0 Å². The van der Waals surface area contributed by atoms with Crippen molar-refractivity contribution in [2.75, 3.05) is 0 Å². The van der Waals surface area contributed by atoms with Crippen molar-refractivity contribution in [3.63, 3.8) is 0 Å². The molecule has 0 saturated carbocycles. The molecule has 0 aliphatic carbocycles. The van der Waals surface area contributed by atoms with Crippen molar-refractivity contribution >= 4 is 37.0 Å². The lowest BCUT2D eigenvalue weighted by molar-refractivity contribution is 1.10. The Morgan fingerprint density at radius 2 is 1.57 bits per heavy atom. The van der Waals surface area contributed by atoms with Crippen molar-refractivity contribution < 1.29 is 0 Å². The lowest BCUT2D eigenvalue weighted by atomic mass is 10.9. The molecule has 1 aromatic rings. The fourth-order valence-corrected chi connectivity index (χ4v) is 1.00. The summed E-state index contributed by atoms with van der Waals surface area (Å²) < 4.78 is 7.47. The minimum absolute atomic E-state index is 0.605. The highest BCUT2D eigenvalue weighted by Gasteiger charge is 1.93. The van der Waals surface area contributed by atoms with Gasteiger partial charge in [-0.1, -0.05) is 0 Å². The van der Waals surface area contributed by atoms with E-state index in [1.165, 1.54) is 0 Å². The van der Waals surface area contributed by atoms with Crippen LogP contribution in [-0.2, 0) is 0 Å². The Balaban J connectivity index is 3.12. The van der Waals surface area contributed by atoms with Gasteiger partial charge in [0.1, 0.15) is 10.1 Å². The number of hydrogen-bond donors (Lipinski definition) is 2. The van der Waals surface area contributed by atoms with E-state index in [1.807, 2.05) is 0 Å². The fraction of sp³-hybridized carbons (Fsp3) is 0. The first-order valence-electron chi connectivity index (χ1n) is 1.51. The largest absolute Gasteiger partial charge is 0.166 e. The SMILES string of the molecule is Sc1nsnc1S. The Morgan fingerprint density at radius 3 is 1.71 bits per heavy atom. The van der Waals surface area contributed by atoms with Crippen LogP contribution in [0.2, 0.25) is 0 Å². The first kappa shape index (κ1) is 5.40. The van der Waals surface area contributed by atoms with Crippen LogP contribution < -0.4 is 0 Å². The van der Waals surface area contributed by atoms with Crippen molar-refractivity contribution in [1.29, 1.82) is 0 Å². The molecule has 1 rings (SSSR count). The molecular formula is C2H2N2S3. The molecule has 0 aliphatic heterocycles. The van der Waals surface area contributed by atoms with Crippen molar-refractivity contribution in [1.82, 2.24) is 8.75 Å². The van der Waals surface area contributed by atoms with E-state index in [1.54, 1.807) is 0 Å². The molecule has 0 amide bonds. The van der Waals surface area contributed by atoms with Gasteiger partial charge in [-0.3, -0.25) is 0 Å². The lowest BCUT2D eigenvalue weighted by Gasteiger charge is -1.72. The molecule has 0 atom stereocenters. The molecule has 1 heterocycles. The number of rotatable bonds is 0. The lowest BCUT2D eigenvalue weighted by Crippen LogP contribution is -1.60. The Labute approximate surface area is 56.1 Å². The molecule has 0 aromatic carbocycles. The normalized spacial score (nSPS) is 9.43. The van der Waals surface area contributed by atoms with Crippen LogP contribution in [0.5, 0.6) is 0 Å². The Bertz CT molecular complexity index is 143. The van der Waals surface area contributed by atoms with Crippen molar-refractivity contribution in [2.45, 2.75) is 10.1 Å². The molecule has 0 bridgehead atoms. The highest BCUT2D eigenvalue weighted by atomic mass is 32.1. The second-order valence-corrected chi connectivity index (χ2v) is 2.29. The van der Waals surface area contributed by atoms with Gasteiger partial charge in [-0.05, 0) is 0 Å². The van der Waals surface area contributed by atoms with Crippen LogP contribution in [0, 0.1) is 0 Å². The third kappa shape index (κ3) is 1.08. The molecule has 0 radical (unpaired) electrons. The smallest absolute Gasteiger partial charge is 0.141 e. The summed E-state index contributed by atoms with van der Waals surface area (Å²) in [7, 11) is 0. The third-order valence-electron chi connectivity index (χ3n) is 0.455. The molecule has 38 valence electrons. The zero-order chi connectivity index (χ0) is 5.28. The van der Waals surface area contributed by atoms with Crippen LogP contribution in [-0.4, -0.2) is 8.75 Å². The van der Waals surface area contributed by atoms with Crippen LogP contribution in [0.25, 0.3) is 0 Å². The van der Waals surface area contributed by atoms with Crippen molar-refractivity contribution in [3.05, 3.63) is 0 Å². The van der Waals surface area contributed by atoms with Crippen LogP contribution in [0.4, 0.5) is 0 Å². The van der Waals surface area contributed by atoms with Crippen molar-refractivity contribution in [2.24, 2.45) is 0 Å². The number of aromatic nitrogens is 2. The second-order valence-electron chi connectivity index (χ2n) is 0.911. The molecule has 0 fully saturated rings. The highest BCUT2D eigenvalue weighted by Crippen LogP contribution is 2.12. The van der Waals surface area contributed by atoms with E-state index in [0.717, 1.165) is 11.7 Å². The van der Waals surface area contributed by atoms with Gasteiger partial charge in [-0.25, -0.2) is 0 Å². The van der Waals surface area contributed by atoms with Gasteiger partial charge < -0.3 is 0 Å². The van der Waals surface area contributed by atoms with Gasteiger partial charge in [-0.15, -0.1) is 25.3 Å². The van der Waals surface area contributed by atoms with Gasteiger partial charge in [-0.2, -0.15) is 8.75 Å². The molecule has 2 nitrogen and oxygen atoms in total. The molecule has 0 saturated heterocycles. The van der Waals surface area contributed by atoms with Gasteiger partial charge >= 0.3 is 0 Å². The summed E-state index contributed by atoms with van der Waals surface area (Å²) in [5, 5.41) is 1.21. The topological polar surface area (TPSA) is 25.8 Å². The average Bonchev–Trinajstić information content (AvgIpc) is 1.91. The zero-order valence-electron chi connectivity index (χ0n) is 3.20. The van der Waals surface area contributed by atoms with E-state index in [0.29, 0.717) is 10.1 Å². The van der Waals surface area contributed by atoms with Crippen LogP contribution in [0.1, 0.15) is 0 Å². The minimum Gasteiger partial charge on any atom is -0.166 e. The molecule has 7 heavy (non-hydrogen) atoms. The van der Waals surface area contributed by atoms with Crippen LogP contribution in [0.15, 0.2) is 10.1 Å².